The van der Waals surface area contributed by atoms with E-state index in [2.05, 4.69) is 65.8 Å². The molecule has 0 aromatic heterocycles. The maximum Gasteiger partial charge on any atom is 0.338 e. The molecule has 19 nitrogen and oxygen atoms in total. The number of benzene rings is 2. The monoisotopic (exact) mass is 1490 g/mol. The Morgan fingerprint density at radius 2 is 0.556 bits per heavy atom. The summed E-state index contributed by atoms with van der Waals surface area (Å²) in [6.07, 6.45) is 31.7. The van der Waals surface area contributed by atoms with Gasteiger partial charge in [-0.1, -0.05) is 104 Å². The summed E-state index contributed by atoms with van der Waals surface area (Å²) < 4.78 is 52.7. The fourth-order valence-corrected chi connectivity index (χ4v) is 13.9. The number of rotatable bonds is 29. The van der Waals surface area contributed by atoms with Gasteiger partial charge in [0.15, 0.2) is 0 Å². The molecule has 0 unspecified atom stereocenters. The molecule has 6 fully saturated rings. The van der Waals surface area contributed by atoms with Crippen molar-refractivity contribution in [2.45, 2.75) is 233 Å². The van der Waals surface area contributed by atoms with Crippen LogP contribution in [0.1, 0.15) is 208 Å². The van der Waals surface area contributed by atoms with E-state index < -0.39 is 11.9 Å². The third-order valence-electron chi connectivity index (χ3n) is 20.9. The first-order valence-electron chi connectivity index (χ1n) is 38.6. The van der Waals surface area contributed by atoms with E-state index in [1.165, 1.54) is 24.5 Å². The minimum Gasteiger partial charge on any atom is -0.502 e. The van der Waals surface area contributed by atoms with Gasteiger partial charge in [0.05, 0.1) is 32.7 Å². The molecule has 0 radical (unpaired) electrons. The Hall–Kier alpha value is -9.13. The highest BCUT2D eigenvalue weighted by molar-refractivity contribution is 5.90. The lowest BCUT2D eigenvalue weighted by Crippen LogP contribution is -2.32. The maximum absolute atomic E-state index is 11.8. The highest BCUT2D eigenvalue weighted by Crippen LogP contribution is 2.42. The molecule has 0 saturated heterocycles. The van der Waals surface area contributed by atoms with Gasteiger partial charge >= 0.3 is 53.7 Å². The molecule has 8 rings (SSSR count). The Kier molecular flexibility index (Phi) is 42.0. The summed E-state index contributed by atoms with van der Waals surface area (Å²) in [5.74, 6) is 2.78. The average molecular weight is 1500 g/mol. The van der Waals surface area contributed by atoms with Crippen LogP contribution >= 0.6 is 0 Å². The average Bonchev–Trinajstić information content (AvgIpc) is 0.855. The summed E-state index contributed by atoms with van der Waals surface area (Å²) in [6.45, 7) is 48.1. The van der Waals surface area contributed by atoms with Crippen molar-refractivity contribution in [3.8, 4) is 22.6 Å². The lowest BCUT2D eigenvalue weighted by molar-refractivity contribution is -0.148. The van der Waals surface area contributed by atoms with Crippen LogP contribution < -0.4 is 9.47 Å². The van der Waals surface area contributed by atoms with Crippen LogP contribution in [0.25, 0.3) is 11.1 Å². The molecule has 0 heterocycles. The molecule has 0 N–H and O–H groups in total. The number of esters is 9. The summed E-state index contributed by atoms with van der Waals surface area (Å²) in [4.78, 5) is 103. The van der Waals surface area contributed by atoms with Crippen LogP contribution in [-0.4, -0.2) is 105 Å². The quantitative estimate of drug-likeness (QED) is 0.0241. The van der Waals surface area contributed by atoms with Gasteiger partial charge in [0, 0.05) is 51.7 Å². The summed E-state index contributed by atoms with van der Waals surface area (Å²) in [5, 5.41) is 0. The van der Waals surface area contributed by atoms with E-state index in [4.69, 9.17) is 47.4 Å². The largest absolute Gasteiger partial charge is 0.502 e. The van der Waals surface area contributed by atoms with Crippen LogP contribution in [0, 0.1) is 47.3 Å². The van der Waals surface area contributed by atoms with Gasteiger partial charge in [0.1, 0.15) is 35.9 Å². The lowest BCUT2D eigenvalue weighted by atomic mass is 9.72. The van der Waals surface area contributed by atoms with E-state index >= 15 is 0 Å². The van der Waals surface area contributed by atoms with Crippen molar-refractivity contribution in [3.63, 3.8) is 0 Å². The second kappa shape index (κ2) is 49.7. The summed E-state index contributed by atoms with van der Waals surface area (Å²) in [6, 6.07) is 14.2. The molecule has 19 heteroatoms. The maximum atomic E-state index is 11.8. The minimum absolute atomic E-state index is 0.0540. The van der Waals surface area contributed by atoms with Gasteiger partial charge in [-0.3, -0.25) is 0 Å². The minimum atomic E-state index is -0.452. The van der Waals surface area contributed by atoms with E-state index in [-0.39, 0.29) is 66.2 Å². The molecule has 0 aliphatic heterocycles. The predicted octanol–water partition coefficient (Wildman–Crippen LogP) is 18.7. The van der Waals surface area contributed by atoms with Crippen molar-refractivity contribution < 1.29 is 90.5 Å². The number of hydrogen-bond donors (Lipinski definition) is 0. The van der Waals surface area contributed by atoms with Crippen LogP contribution in [-0.2, 0) is 81.0 Å². The smallest absolute Gasteiger partial charge is 0.338 e. The number of hydrogen-bond acceptors (Lipinski definition) is 19. The van der Waals surface area contributed by atoms with Crippen molar-refractivity contribution in [1.29, 1.82) is 0 Å². The standard InChI is InChI=1S/C22H34O4.C20H30O4.C20H18O4.C14H20O4.C13H20O3/c1-5-15(3)21(23)25-19-11-7-17(8-12-19)18-9-13-20(14-10-18)26-22(24)16(4)6-2;2*1-13(2)19(21)23-17-9-5-15(6-10-17)16-7-11-18(12-8-16)24-20(22)14(3)4;1-3-13(15)17-9-11-5-7-12(8-6-11)10-18-14(16)4-2;1-3-13(14)16-10-12-7-5-11(6-8-12)9-15-4-2/h17-20H,3-14H2,1-2H3;15-18H,1,3,5-12H2,2,4H3;5-12H,1,3H2,2,4H3;3-4,11-12H,1-2,5-10H2;3-4,11-12H,1-2,5-10H2. The molecule has 0 amide bonds. The van der Waals surface area contributed by atoms with Crippen LogP contribution in [0.3, 0.4) is 0 Å². The first-order chi connectivity index (χ1) is 51.6. The van der Waals surface area contributed by atoms with Crippen molar-refractivity contribution >= 4 is 53.7 Å². The molecule has 2 aromatic rings. The SMILES string of the molecule is C=C(C)C(=O)OC1CCC(C2CCC(OC(=O)C(=C)C)CC2)CC1.C=C(C)C(=O)Oc1ccc(-c2ccc(OC(=O)C(=C)C)cc2)cc1.C=C(CC)C(=O)OC1CCC(C2CCC(OC(=O)C(=C)CC)CC2)CC1.C=CC(=O)OCC1CCC(COC(=O)C=C)CC1.C=COCC1CCC(COC(=O)C=C)CC1. The van der Waals surface area contributed by atoms with Crippen LogP contribution in [0.2, 0.25) is 0 Å². The van der Waals surface area contributed by atoms with E-state index in [0.717, 1.165) is 172 Å². The van der Waals surface area contributed by atoms with Gasteiger partial charge in [0.2, 0.25) is 0 Å². The fourth-order valence-electron chi connectivity index (χ4n) is 13.9. The van der Waals surface area contributed by atoms with E-state index in [9.17, 15) is 43.2 Å². The molecule has 0 bridgehead atoms. The zero-order valence-corrected chi connectivity index (χ0v) is 65.4. The highest BCUT2D eigenvalue weighted by atomic mass is 16.6. The fraction of sp³-hybridized carbons (Fsp3) is 0.539. The summed E-state index contributed by atoms with van der Waals surface area (Å²) >= 11 is 0. The highest BCUT2D eigenvalue weighted by Gasteiger charge is 2.35. The Morgan fingerprint density at radius 3 is 0.769 bits per heavy atom. The van der Waals surface area contributed by atoms with E-state index in [1.54, 1.807) is 52.0 Å². The van der Waals surface area contributed by atoms with Gasteiger partial charge in [0.25, 0.3) is 0 Å². The number of carbonyl (C=O) groups excluding carboxylic acids is 9. The third-order valence-corrected chi connectivity index (χ3v) is 20.9. The van der Waals surface area contributed by atoms with Gasteiger partial charge in [-0.15, -0.1) is 0 Å². The normalized spacial score (nSPS) is 23.3. The number of carbonyl (C=O) groups is 9. The Bertz CT molecular complexity index is 3150. The molecule has 6 saturated carbocycles. The molecule has 6 aliphatic carbocycles. The van der Waals surface area contributed by atoms with E-state index in [1.807, 2.05) is 38.1 Å². The topological polar surface area (TPSA) is 246 Å². The van der Waals surface area contributed by atoms with Crippen LogP contribution in [0.5, 0.6) is 11.5 Å². The molecule has 2 aromatic carbocycles. The Balaban J connectivity index is 0.000000288. The molecule has 0 spiro atoms. The second-order valence-corrected chi connectivity index (χ2v) is 29.4. The van der Waals surface area contributed by atoms with Crippen molar-refractivity contribution in [1.82, 2.24) is 0 Å². The summed E-state index contributed by atoms with van der Waals surface area (Å²) in [7, 11) is 0. The van der Waals surface area contributed by atoms with Crippen molar-refractivity contribution in [2.24, 2.45) is 47.3 Å². The zero-order chi connectivity index (χ0) is 79.7. The lowest BCUT2D eigenvalue weighted by Gasteiger charge is -2.37. The molecule has 592 valence electrons. The summed E-state index contributed by atoms with van der Waals surface area (Å²) in [5.41, 5.74) is 4.65. The van der Waals surface area contributed by atoms with Gasteiger partial charge in [-0.25, -0.2) is 43.2 Å². The first-order valence-corrected chi connectivity index (χ1v) is 38.6. The molecular weight excluding hydrogens is 1370 g/mol. The molecule has 108 heavy (non-hydrogen) atoms. The molecule has 0 atom stereocenters. The molecule has 6 aliphatic rings. The zero-order valence-electron chi connectivity index (χ0n) is 65.4. The van der Waals surface area contributed by atoms with Gasteiger partial charge in [-0.2, -0.15) is 0 Å². The number of ether oxygens (including phenoxy) is 10. The van der Waals surface area contributed by atoms with Crippen LogP contribution in [0.15, 0.2) is 172 Å². The predicted molar refractivity (Wildman–Crippen MR) is 419 cm³/mol. The van der Waals surface area contributed by atoms with Crippen molar-refractivity contribution in [3.05, 3.63) is 172 Å². The molecular formula is C89H122O19. The van der Waals surface area contributed by atoms with Crippen molar-refractivity contribution in [2.75, 3.05) is 26.4 Å². The second-order valence-electron chi connectivity index (χ2n) is 29.4. The first kappa shape index (κ1) is 91.3. The van der Waals surface area contributed by atoms with Gasteiger partial charge in [-0.05, 0) is 277 Å². The van der Waals surface area contributed by atoms with Gasteiger partial charge < -0.3 is 47.4 Å². The van der Waals surface area contributed by atoms with Crippen LogP contribution in [0.4, 0.5) is 0 Å². The van der Waals surface area contributed by atoms with E-state index in [0.29, 0.717) is 125 Å². The third kappa shape index (κ3) is 34.8. The Labute approximate surface area is 642 Å². The Morgan fingerprint density at radius 1 is 0.324 bits per heavy atom.